The van der Waals surface area contributed by atoms with Gasteiger partial charge in [-0.15, -0.1) is 0 Å². The lowest BCUT2D eigenvalue weighted by atomic mass is 9.57. The van der Waals surface area contributed by atoms with Crippen LogP contribution in [0.5, 0.6) is 0 Å². The van der Waals surface area contributed by atoms with Crippen LogP contribution in [0, 0.1) is 17.3 Å². The molecule has 0 bridgehead atoms. The van der Waals surface area contributed by atoms with Gasteiger partial charge in [-0.3, -0.25) is 9.59 Å². The predicted molar refractivity (Wildman–Crippen MR) is 70.3 cm³/mol. The summed E-state index contributed by atoms with van der Waals surface area (Å²) in [6, 6.07) is 0. The Kier molecular flexibility index (Phi) is 3.97. The molecule has 0 N–H and O–H groups in total. The molecule has 0 aromatic rings. The summed E-state index contributed by atoms with van der Waals surface area (Å²) in [5.41, 5.74) is 0.533. The zero-order valence-corrected chi connectivity index (χ0v) is 11.9. The molecule has 2 aliphatic carbocycles. The van der Waals surface area contributed by atoms with E-state index in [9.17, 15) is 9.59 Å². The Morgan fingerprint density at radius 1 is 1.26 bits per heavy atom. The number of hydrogen-bond acceptors (Lipinski definition) is 4. The van der Waals surface area contributed by atoms with Gasteiger partial charge >= 0.3 is 11.9 Å². The molecule has 0 aromatic carbocycles. The summed E-state index contributed by atoms with van der Waals surface area (Å²) in [7, 11) is 2.77. The predicted octanol–water partition coefficient (Wildman–Crippen LogP) is 2.48. The normalized spacial score (nSPS) is 33.9. The van der Waals surface area contributed by atoms with Crippen LogP contribution in [0.15, 0.2) is 11.6 Å². The van der Waals surface area contributed by atoms with Crippen molar-refractivity contribution in [2.24, 2.45) is 17.3 Å². The summed E-state index contributed by atoms with van der Waals surface area (Å²) in [6.07, 6.45) is 6.96. The van der Waals surface area contributed by atoms with E-state index in [4.69, 9.17) is 9.47 Å². The number of fused-ring (bicyclic) bond motifs is 1. The van der Waals surface area contributed by atoms with Gasteiger partial charge in [-0.1, -0.05) is 18.1 Å². The second-order valence-corrected chi connectivity index (χ2v) is 5.66. The third-order valence-corrected chi connectivity index (χ3v) is 4.83. The van der Waals surface area contributed by atoms with Crippen molar-refractivity contribution in [3.05, 3.63) is 11.6 Å². The summed E-state index contributed by atoms with van der Waals surface area (Å²) >= 11 is 0. The van der Waals surface area contributed by atoms with Crippen LogP contribution in [0.4, 0.5) is 0 Å². The van der Waals surface area contributed by atoms with Gasteiger partial charge < -0.3 is 9.47 Å². The number of hydrogen-bond donors (Lipinski definition) is 0. The molecule has 0 amide bonds. The van der Waals surface area contributed by atoms with Gasteiger partial charge in [0.25, 0.3) is 0 Å². The molecule has 0 aliphatic heterocycles. The minimum absolute atomic E-state index is 0.117. The van der Waals surface area contributed by atoms with Crippen molar-refractivity contribution < 1.29 is 19.1 Å². The first kappa shape index (κ1) is 14.1. The maximum Gasteiger partial charge on any atom is 0.313 e. The highest BCUT2D eigenvalue weighted by molar-refractivity contribution is 5.86. The Hall–Kier alpha value is -1.32. The summed E-state index contributed by atoms with van der Waals surface area (Å²) in [5, 5.41) is 0. The number of allylic oxidation sites excluding steroid dienone is 2. The summed E-state index contributed by atoms with van der Waals surface area (Å²) in [6.45, 7) is 1.86. The second-order valence-electron chi connectivity index (χ2n) is 5.66. The van der Waals surface area contributed by atoms with Crippen LogP contribution in [0.2, 0.25) is 0 Å². The van der Waals surface area contributed by atoms with Crippen molar-refractivity contribution in [3.63, 3.8) is 0 Å². The van der Waals surface area contributed by atoms with E-state index < -0.39 is 11.3 Å². The summed E-state index contributed by atoms with van der Waals surface area (Å²) in [5.74, 6) is -0.919. The van der Waals surface area contributed by atoms with Crippen molar-refractivity contribution in [2.45, 2.75) is 39.0 Å². The van der Waals surface area contributed by atoms with Gasteiger partial charge in [0.15, 0.2) is 0 Å². The fourth-order valence-electron chi connectivity index (χ4n) is 3.71. The topological polar surface area (TPSA) is 52.6 Å². The average Bonchev–Trinajstić information content (AvgIpc) is 2.46. The third kappa shape index (κ3) is 2.17. The Labute approximate surface area is 114 Å². The number of methoxy groups -OCH3 is 2. The molecule has 19 heavy (non-hydrogen) atoms. The molecule has 4 heteroatoms. The molecule has 0 heterocycles. The highest BCUT2D eigenvalue weighted by atomic mass is 16.5. The monoisotopic (exact) mass is 266 g/mol. The van der Waals surface area contributed by atoms with E-state index in [2.05, 4.69) is 6.08 Å². The van der Waals surface area contributed by atoms with Crippen LogP contribution < -0.4 is 0 Å². The van der Waals surface area contributed by atoms with Crippen LogP contribution in [0.1, 0.15) is 39.0 Å². The highest BCUT2D eigenvalue weighted by Gasteiger charge is 2.54. The quantitative estimate of drug-likeness (QED) is 0.569. The highest BCUT2D eigenvalue weighted by Crippen LogP contribution is 2.51. The van der Waals surface area contributed by atoms with Gasteiger partial charge in [-0.05, 0) is 38.5 Å². The van der Waals surface area contributed by atoms with Crippen LogP contribution >= 0.6 is 0 Å². The molecule has 4 nitrogen and oxygen atoms in total. The maximum absolute atomic E-state index is 12.3. The van der Waals surface area contributed by atoms with E-state index in [0.717, 1.165) is 19.3 Å². The van der Waals surface area contributed by atoms with Crippen molar-refractivity contribution in [1.29, 1.82) is 0 Å². The number of carbonyl (C=O) groups is 2. The van der Waals surface area contributed by atoms with Gasteiger partial charge in [0, 0.05) is 0 Å². The first-order valence-corrected chi connectivity index (χ1v) is 6.90. The van der Waals surface area contributed by atoms with E-state index in [1.54, 1.807) is 0 Å². The zero-order chi connectivity index (χ0) is 14.0. The molecule has 106 valence electrons. The molecular weight excluding hydrogens is 244 g/mol. The third-order valence-electron chi connectivity index (χ3n) is 4.83. The minimum atomic E-state index is -0.785. The number of carbonyl (C=O) groups excluding carboxylic acids is 2. The summed E-state index contributed by atoms with van der Waals surface area (Å²) < 4.78 is 9.88. The summed E-state index contributed by atoms with van der Waals surface area (Å²) in [4.78, 5) is 24.3. The lowest BCUT2D eigenvalue weighted by molar-refractivity contribution is -0.170. The van der Waals surface area contributed by atoms with E-state index in [0.29, 0.717) is 6.42 Å². The lowest BCUT2D eigenvalue weighted by Gasteiger charge is -2.45. The smallest absolute Gasteiger partial charge is 0.313 e. The van der Waals surface area contributed by atoms with Crippen LogP contribution in [-0.4, -0.2) is 26.2 Å². The van der Waals surface area contributed by atoms with Crippen molar-refractivity contribution >= 4 is 11.9 Å². The molecule has 0 aromatic heterocycles. The number of rotatable bonds is 2. The zero-order valence-electron chi connectivity index (χ0n) is 11.9. The largest absolute Gasteiger partial charge is 0.469 e. The van der Waals surface area contributed by atoms with Crippen molar-refractivity contribution in [2.75, 3.05) is 14.2 Å². The number of ether oxygens (including phenoxy) is 2. The van der Waals surface area contributed by atoms with Gasteiger partial charge in [-0.2, -0.15) is 0 Å². The fourth-order valence-corrected chi connectivity index (χ4v) is 3.71. The second kappa shape index (κ2) is 5.35. The maximum atomic E-state index is 12.3. The van der Waals surface area contributed by atoms with Crippen LogP contribution in [-0.2, 0) is 19.1 Å². The van der Waals surface area contributed by atoms with Crippen molar-refractivity contribution in [1.82, 2.24) is 0 Å². The molecule has 3 atom stereocenters. The Balaban J connectivity index is 2.42. The first-order chi connectivity index (χ1) is 9.05. The van der Waals surface area contributed by atoms with Gasteiger partial charge in [0.2, 0.25) is 0 Å². The van der Waals surface area contributed by atoms with Gasteiger partial charge in [-0.25, -0.2) is 0 Å². The Bertz CT molecular complexity index is 412. The van der Waals surface area contributed by atoms with Gasteiger partial charge in [0.1, 0.15) is 0 Å². The molecule has 2 aliphatic rings. The fraction of sp³-hybridized carbons (Fsp3) is 0.733. The van der Waals surface area contributed by atoms with Crippen molar-refractivity contribution in [3.8, 4) is 0 Å². The van der Waals surface area contributed by atoms with E-state index in [-0.39, 0.29) is 17.9 Å². The van der Waals surface area contributed by atoms with E-state index in [1.807, 2.05) is 6.92 Å². The average molecular weight is 266 g/mol. The lowest BCUT2D eigenvalue weighted by Crippen LogP contribution is -2.50. The number of esters is 2. The van der Waals surface area contributed by atoms with E-state index >= 15 is 0 Å². The van der Waals surface area contributed by atoms with Crippen LogP contribution in [0.3, 0.4) is 0 Å². The molecule has 0 unspecified atom stereocenters. The SMILES string of the molecule is COC(=O)[C@H]1CC=C2CCCC[C@@H]2[C@]1(C)C(=O)OC. The Morgan fingerprint density at radius 2 is 2.00 bits per heavy atom. The molecule has 1 fully saturated rings. The molecular formula is C15H22O4. The molecule has 1 saturated carbocycles. The first-order valence-electron chi connectivity index (χ1n) is 6.90. The standard InChI is InChI=1S/C15H22O4/c1-15(14(17)19-3)11-7-5-4-6-10(11)8-9-12(15)13(16)18-2/h8,11-12H,4-7,9H2,1-3H3/t11-,12+,15-/m0/s1. The van der Waals surface area contributed by atoms with Gasteiger partial charge in [0.05, 0.1) is 25.6 Å². The molecule has 0 radical (unpaired) electrons. The minimum Gasteiger partial charge on any atom is -0.469 e. The molecule has 0 spiro atoms. The molecule has 0 saturated heterocycles. The Morgan fingerprint density at radius 3 is 2.63 bits per heavy atom. The van der Waals surface area contributed by atoms with E-state index in [1.165, 1.54) is 26.2 Å². The van der Waals surface area contributed by atoms with Crippen LogP contribution in [0.25, 0.3) is 0 Å². The molecule has 2 rings (SSSR count).